The van der Waals surface area contributed by atoms with E-state index in [-0.39, 0.29) is 43.3 Å². The second kappa shape index (κ2) is 19.8. The number of aryl methyl sites for hydroxylation is 1. The van der Waals surface area contributed by atoms with Crippen LogP contribution in [0.2, 0.25) is 19.6 Å². The summed E-state index contributed by atoms with van der Waals surface area (Å²) in [5.74, 6) is 0.349. The first-order chi connectivity index (χ1) is 33.7. The average Bonchev–Trinajstić information content (AvgIpc) is 3.92. The Morgan fingerprint density at radius 2 is 1.37 bits per heavy atom. The van der Waals surface area contributed by atoms with Crippen LogP contribution in [0.3, 0.4) is 0 Å². The monoisotopic (exact) mass is 1090 g/mol. The third-order valence-electron chi connectivity index (χ3n) is 12.5. The van der Waals surface area contributed by atoms with Crippen molar-refractivity contribution in [3.8, 4) is 50.6 Å². The van der Waals surface area contributed by atoms with Gasteiger partial charge < -0.3 is 14.0 Å². The Labute approximate surface area is 421 Å². The molecule has 0 bridgehead atoms. The van der Waals surface area contributed by atoms with Gasteiger partial charge >= 0.3 is 0 Å². The van der Waals surface area contributed by atoms with Crippen molar-refractivity contribution in [1.29, 1.82) is 0 Å². The third-order valence-corrected chi connectivity index (χ3v) is 14.5. The van der Waals surface area contributed by atoms with Crippen LogP contribution in [0.1, 0.15) is 87.0 Å². The summed E-state index contributed by atoms with van der Waals surface area (Å²) in [5, 5.41) is 3.21. The first-order valence-corrected chi connectivity index (χ1v) is 26.6. The van der Waals surface area contributed by atoms with Gasteiger partial charge in [0.05, 0.1) is 30.5 Å². The molecule has 0 aliphatic carbocycles. The molecule has 3 aromatic heterocycles. The summed E-state index contributed by atoms with van der Waals surface area (Å²) in [6, 6.07) is 53.8. The molecule has 0 aliphatic rings. The maximum Gasteiger partial charge on any atom is 0.123 e. The number of fused-ring (bicyclic) bond motifs is 4. The molecule has 7 aromatic carbocycles. The minimum atomic E-state index is -2.13. The maximum absolute atomic E-state index is 13.6. The molecule has 0 atom stereocenters. The van der Waals surface area contributed by atoms with Crippen LogP contribution in [0, 0.1) is 24.8 Å². The molecular weight excluding hydrogens is 1030 g/mol. The average molecular weight is 1090 g/mol. The SMILES string of the molecule is CC(C)c1cc(-c2ccccc2)cc(C(C)C)c1-n1c(-c2[c-]ccc3c2oc2cc(-c4ccc(F)cc4)ccc23)nc2ccccc21.[2H]C([2H])([2H])c1c[c-]c(-c2cc(C([2H])(C)C)c([Si](C)(C)C)cn2)cc1.[Ir]. The van der Waals surface area contributed by atoms with Gasteiger partial charge in [-0.1, -0.05) is 157 Å². The van der Waals surface area contributed by atoms with Crippen LogP contribution in [0.5, 0.6) is 0 Å². The maximum atomic E-state index is 13.6. The zero-order valence-electron chi connectivity index (χ0n) is 44.0. The molecule has 0 spiro atoms. The van der Waals surface area contributed by atoms with Crippen molar-refractivity contribution in [3.05, 3.63) is 192 Å². The van der Waals surface area contributed by atoms with E-state index in [0.717, 1.165) is 72.3 Å². The Hall–Kier alpha value is -6.24. The van der Waals surface area contributed by atoms with Crippen LogP contribution in [0.4, 0.5) is 4.39 Å². The zero-order chi connectivity index (χ0) is 50.6. The minimum Gasteiger partial charge on any atom is -0.501 e. The van der Waals surface area contributed by atoms with Gasteiger partial charge in [-0.15, -0.1) is 53.6 Å². The number of halogens is 1. The summed E-state index contributed by atoms with van der Waals surface area (Å²) in [6.45, 7) is 17.4. The van der Waals surface area contributed by atoms with Crippen LogP contribution in [-0.2, 0) is 20.1 Å². The Morgan fingerprint density at radius 1 is 0.691 bits per heavy atom. The molecule has 10 aromatic rings. The topological polar surface area (TPSA) is 43.9 Å². The fourth-order valence-electron chi connectivity index (χ4n) is 8.96. The Morgan fingerprint density at radius 3 is 2.01 bits per heavy atom. The Kier molecular flexibility index (Phi) is 12.5. The predicted molar refractivity (Wildman–Crippen MR) is 282 cm³/mol. The smallest absolute Gasteiger partial charge is 0.123 e. The van der Waals surface area contributed by atoms with Crippen molar-refractivity contribution in [3.63, 3.8) is 0 Å². The molecule has 0 unspecified atom stereocenters. The first-order valence-electron chi connectivity index (χ1n) is 25.1. The van der Waals surface area contributed by atoms with Gasteiger partial charge in [-0.05, 0) is 104 Å². The van der Waals surface area contributed by atoms with Gasteiger partial charge in [0.2, 0.25) is 0 Å². The van der Waals surface area contributed by atoms with E-state index >= 15 is 0 Å². The van der Waals surface area contributed by atoms with E-state index in [2.05, 4.69) is 148 Å². The van der Waals surface area contributed by atoms with Crippen LogP contribution in [-0.4, -0.2) is 22.6 Å². The predicted octanol–water partition coefficient (Wildman–Crippen LogP) is 16.6. The van der Waals surface area contributed by atoms with E-state index in [0.29, 0.717) is 0 Å². The number of imidazole rings is 1. The van der Waals surface area contributed by atoms with Gasteiger partial charge in [0.25, 0.3) is 0 Å². The van der Waals surface area contributed by atoms with E-state index in [1.54, 1.807) is 24.3 Å². The summed E-state index contributed by atoms with van der Waals surface area (Å²) in [6.07, 6.45) is 1.89. The second-order valence-corrected chi connectivity index (χ2v) is 24.2. The van der Waals surface area contributed by atoms with Crippen LogP contribution >= 0.6 is 0 Å². The summed E-state index contributed by atoms with van der Waals surface area (Å²) in [5.41, 5.74) is 15.0. The van der Waals surface area contributed by atoms with Crippen LogP contribution < -0.4 is 5.19 Å². The van der Waals surface area contributed by atoms with Crippen molar-refractivity contribution in [1.82, 2.24) is 14.5 Å². The quantitative estimate of drug-likeness (QED) is 0.107. The number of aromatic nitrogens is 3. The summed E-state index contributed by atoms with van der Waals surface area (Å²) in [7, 11) is -1.61. The number of rotatable bonds is 9. The molecule has 345 valence electrons. The van der Waals surface area contributed by atoms with Crippen molar-refractivity contribution < 1.29 is 34.4 Å². The molecule has 3 heterocycles. The fourth-order valence-corrected chi connectivity index (χ4v) is 10.5. The van der Waals surface area contributed by atoms with E-state index in [1.165, 1.54) is 51.3 Å². The molecule has 0 fully saturated rings. The van der Waals surface area contributed by atoms with E-state index in [9.17, 15) is 4.39 Å². The molecule has 7 heteroatoms. The Bertz CT molecular complexity index is 3520. The molecule has 0 amide bonds. The zero-order valence-corrected chi connectivity index (χ0v) is 43.4. The van der Waals surface area contributed by atoms with Crippen molar-refractivity contribution in [2.45, 2.75) is 85.8 Å². The van der Waals surface area contributed by atoms with Crippen molar-refractivity contribution in [2.24, 2.45) is 0 Å². The van der Waals surface area contributed by atoms with Gasteiger partial charge in [-0.3, -0.25) is 4.98 Å². The summed E-state index contributed by atoms with van der Waals surface area (Å²) < 4.78 is 53.4. The third kappa shape index (κ3) is 9.58. The van der Waals surface area contributed by atoms with Gasteiger partial charge in [-0.25, -0.2) is 4.39 Å². The number of hydrogen-bond donors (Lipinski definition) is 0. The molecule has 1 radical (unpaired) electrons. The van der Waals surface area contributed by atoms with Gasteiger partial charge in [-0.2, -0.15) is 0 Å². The van der Waals surface area contributed by atoms with E-state index < -0.39 is 20.8 Å². The number of furan rings is 1. The molecule has 4 nitrogen and oxygen atoms in total. The molecule has 0 saturated heterocycles. The van der Waals surface area contributed by atoms with Gasteiger partial charge in [0, 0.05) is 42.9 Å². The number of pyridine rings is 1. The molecule has 68 heavy (non-hydrogen) atoms. The summed E-state index contributed by atoms with van der Waals surface area (Å²) >= 11 is 0. The number of nitrogens with zero attached hydrogens (tertiary/aromatic N) is 3. The van der Waals surface area contributed by atoms with Crippen molar-refractivity contribution >= 4 is 46.2 Å². The van der Waals surface area contributed by atoms with Gasteiger partial charge in [0.1, 0.15) is 11.4 Å². The summed E-state index contributed by atoms with van der Waals surface area (Å²) in [4.78, 5) is 9.83. The standard InChI is InChI=1S/C43H34FN2O.C18H24NSi.Ir/c1-26(2)36-23-31(28-11-6-5-7-12-28)24-37(27(3)4)41(36)46-39-16-9-8-15-38(39)45-43(46)35-14-10-13-34-33-22-19-30(25-40(33)47-42(34)35)29-17-20-32(44)21-18-29;1-13(2)16-11-17(15-9-7-14(3)8-10-15)19-12-18(16)20(4,5)6;/h5-13,15-27H,1-4H3;7-9,11-13H,1-6H3;/q2*-1;/i;3D3,13D;. The van der Waals surface area contributed by atoms with Crippen LogP contribution in [0.15, 0.2) is 156 Å². The number of benzene rings is 7. The van der Waals surface area contributed by atoms with Gasteiger partial charge in [0.15, 0.2) is 0 Å². The van der Waals surface area contributed by atoms with Crippen LogP contribution in [0.25, 0.3) is 83.6 Å². The molecule has 10 rings (SSSR count). The van der Waals surface area contributed by atoms with E-state index in [1.807, 2.05) is 44.3 Å². The normalized spacial score (nSPS) is 12.9. The largest absolute Gasteiger partial charge is 0.501 e. The first kappa shape index (κ1) is 43.1. The van der Waals surface area contributed by atoms with Crippen molar-refractivity contribution in [2.75, 3.05) is 0 Å². The van der Waals surface area contributed by atoms with E-state index in [4.69, 9.17) is 14.9 Å². The molecule has 0 N–H and O–H groups in total. The molecule has 0 saturated carbocycles. The second-order valence-electron chi connectivity index (χ2n) is 19.2. The fraction of sp³-hybridized carbons (Fsp3) is 0.213. The molecule has 0 aliphatic heterocycles. The number of para-hydroxylation sites is 2. The minimum absolute atomic E-state index is 0. The Balaban J connectivity index is 0.000000235. The number of hydrogen-bond acceptors (Lipinski definition) is 3. The molecular formula is C61H58FIrN3OSi-2.